The smallest absolute Gasteiger partial charge is 0.218 e. The zero-order chi connectivity index (χ0) is 11.4. The van der Waals surface area contributed by atoms with Gasteiger partial charge in [0, 0.05) is 12.1 Å². The SMILES string of the molecule is COc1cc(NC2CC=CCC2)nc(C)n1. The van der Waals surface area contributed by atoms with Crippen LogP contribution >= 0.6 is 0 Å². The van der Waals surface area contributed by atoms with Gasteiger partial charge in [-0.1, -0.05) is 12.2 Å². The second kappa shape index (κ2) is 4.96. The average molecular weight is 219 g/mol. The molecule has 1 heterocycles. The first kappa shape index (κ1) is 10.9. The van der Waals surface area contributed by atoms with Gasteiger partial charge < -0.3 is 10.1 Å². The van der Waals surface area contributed by atoms with Crippen LogP contribution in [0.15, 0.2) is 18.2 Å². The van der Waals surface area contributed by atoms with Crippen LogP contribution in [0.25, 0.3) is 0 Å². The van der Waals surface area contributed by atoms with Gasteiger partial charge in [-0.15, -0.1) is 0 Å². The third kappa shape index (κ3) is 2.72. The van der Waals surface area contributed by atoms with Crippen molar-refractivity contribution < 1.29 is 4.74 Å². The van der Waals surface area contributed by atoms with Crippen molar-refractivity contribution in [2.45, 2.75) is 32.2 Å². The van der Waals surface area contributed by atoms with Crippen molar-refractivity contribution in [2.24, 2.45) is 0 Å². The van der Waals surface area contributed by atoms with E-state index < -0.39 is 0 Å². The molecule has 0 saturated carbocycles. The molecule has 0 aromatic carbocycles. The maximum Gasteiger partial charge on any atom is 0.218 e. The largest absolute Gasteiger partial charge is 0.481 e. The lowest BCUT2D eigenvalue weighted by Crippen LogP contribution is -2.21. The van der Waals surface area contributed by atoms with Crippen molar-refractivity contribution in [1.82, 2.24) is 9.97 Å². The molecule has 1 aliphatic rings. The summed E-state index contributed by atoms with van der Waals surface area (Å²) in [7, 11) is 1.62. The molecule has 4 nitrogen and oxygen atoms in total. The molecule has 1 atom stereocenters. The molecular formula is C12H17N3O. The van der Waals surface area contributed by atoms with Crippen LogP contribution in [0.2, 0.25) is 0 Å². The molecule has 1 aromatic rings. The predicted molar refractivity (Wildman–Crippen MR) is 63.7 cm³/mol. The molecule has 0 spiro atoms. The quantitative estimate of drug-likeness (QED) is 0.792. The average Bonchev–Trinajstić information content (AvgIpc) is 2.29. The van der Waals surface area contributed by atoms with Gasteiger partial charge in [0.05, 0.1) is 7.11 Å². The monoisotopic (exact) mass is 219 g/mol. The van der Waals surface area contributed by atoms with E-state index in [9.17, 15) is 0 Å². The Hall–Kier alpha value is -1.58. The highest BCUT2D eigenvalue weighted by Gasteiger charge is 2.11. The highest BCUT2D eigenvalue weighted by atomic mass is 16.5. The highest BCUT2D eigenvalue weighted by Crippen LogP contribution is 2.18. The summed E-state index contributed by atoms with van der Waals surface area (Å²) in [6.07, 6.45) is 7.79. The maximum atomic E-state index is 5.12. The summed E-state index contributed by atoms with van der Waals surface area (Å²) in [6.45, 7) is 1.87. The van der Waals surface area contributed by atoms with Gasteiger partial charge >= 0.3 is 0 Å². The summed E-state index contributed by atoms with van der Waals surface area (Å²) in [5.41, 5.74) is 0. The summed E-state index contributed by atoms with van der Waals surface area (Å²) >= 11 is 0. The summed E-state index contributed by atoms with van der Waals surface area (Å²) in [5.74, 6) is 2.19. The van der Waals surface area contributed by atoms with Gasteiger partial charge in [-0.3, -0.25) is 0 Å². The number of nitrogens with one attached hydrogen (secondary N) is 1. The van der Waals surface area contributed by atoms with Crippen LogP contribution in [-0.2, 0) is 0 Å². The van der Waals surface area contributed by atoms with Crippen LogP contribution in [0.3, 0.4) is 0 Å². The van der Waals surface area contributed by atoms with Crippen molar-refractivity contribution in [3.05, 3.63) is 24.0 Å². The Balaban J connectivity index is 2.08. The molecule has 0 saturated heterocycles. The van der Waals surface area contributed by atoms with E-state index >= 15 is 0 Å². The van der Waals surface area contributed by atoms with Gasteiger partial charge in [0.25, 0.3) is 0 Å². The minimum absolute atomic E-state index is 0.476. The number of hydrogen-bond donors (Lipinski definition) is 1. The number of hydrogen-bond acceptors (Lipinski definition) is 4. The number of rotatable bonds is 3. The lowest BCUT2D eigenvalue weighted by molar-refractivity contribution is 0.395. The van der Waals surface area contributed by atoms with Crippen LogP contribution in [0.4, 0.5) is 5.82 Å². The summed E-state index contributed by atoms with van der Waals surface area (Å²) in [5, 5.41) is 3.41. The highest BCUT2D eigenvalue weighted by molar-refractivity contribution is 5.39. The molecule has 4 heteroatoms. The van der Waals surface area contributed by atoms with E-state index in [4.69, 9.17) is 4.74 Å². The van der Waals surface area contributed by atoms with Gasteiger partial charge in [-0.25, -0.2) is 4.98 Å². The van der Waals surface area contributed by atoms with Gasteiger partial charge in [-0.2, -0.15) is 4.98 Å². The maximum absolute atomic E-state index is 5.12. The zero-order valence-corrected chi connectivity index (χ0v) is 9.73. The van der Waals surface area contributed by atoms with Crippen LogP contribution in [0, 0.1) is 6.92 Å². The van der Waals surface area contributed by atoms with Gasteiger partial charge in [0.15, 0.2) is 0 Å². The molecular weight excluding hydrogens is 202 g/mol. The van der Waals surface area contributed by atoms with Crippen LogP contribution in [0.1, 0.15) is 25.1 Å². The van der Waals surface area contributed by atoms with E-state index in [1.807, 2.05) is 13.0 Å². The Labute approximate surface area is 95.8 Å². The Morgan fingerprint density at radius 2 is 2.25 bits per heavy atom. The minimum atomic E-state index is 0.476. The first-order valence-electron chi connectivity index (χ1n) is 5.59. The zero-order valence-electron chi connectivity index (χ0n) is 9.73. The topological polar surface area (TPSA) is 47.0 Å². The number of allylic oxidation sites excluding steroid dienone is 1. The number of anilines is 1. The summed E-state index contributed by atoms with van der Waals surface area (Å²) in [6, 6.07) is 2.31. The fourth-order valence-electron chi connectivity index (χ4n) is 1.85. The first-order chi connectivity index (χ1) is 7.78. The number of aromatic nitrogens is 2. The Kier molecular flexibility index (Phi) is 3.39. The molecule has 0 aliphatic heterocycles. The van der Waals surface area contributed by atoms with Crippen molar-refractivity contribution in [2.75, 3.05) is 12.4 Å². The van der Waals surface area contributed by atoms with Crippen molar-refractivity contribution in [3.63, 3.8) is 0 Å². The van der Waals surface area contributed by atoms with Crippen molar-refractivity contribution >= 4 is 5.82 Å². The molecule has 86 valence electrons. The van der Waals surface area contributed by atoms with E-state index in [1.165, 1.54) is 0 Å². The number of methoxy groups -OCH3 is 1. The molecule has 1 aliphatic carbocycles. The Morgan fingerprint density at radius 1 is 1.38 bits per heavy atom. The van der Waals surface area contributed by atoms with E-state index in [0.29, 0.717) is 11.9 Å². The molecule has 1 aromatic heterocycles. The Bertz CT molecular complexity index is 390. The molecule has 0 radical (unpaired) electrons. The lowest BCUT2D eigenvalue weighted by Gasteiger charge is -2.20. The fourth-order valence-corrected chi connectivity index (χ4v) is 1.85. The normalized spacial score (nSPS) is 19.5. The van der Waals surface area contributed by atoms with Gasteiger partial charge in [-0.05, 0) is 26.2 Å². The lowest BCUT2D eigenvalue weighted by atomic mass is 10.0. The van der Waals surface area contributed by atoms with Crippen LogP contribution in [-0.4, -0.2) is 23.1 Å². The molecule has 16 heavy (non-hydrogen) atoms. The number of aryl methyl sites for hydroxylation is 1. The van der Waals surface area contributed by atoms with Gasteiger partial charge in [0.1, 0.15) is 11.6 Å². The summed E-state index contributed by atoms with van der Waals surface area (Å²) < 4.78 is 5.12. The standard InChI is InChI=1S/C12H17N3O/c1-9-13-11(8-12(14-9)16-2)15-10-6-4-3-5-7-10/h3-4,8,10H,5-7H2,1-2H3,(H,13,14,15). The second-order valence-electron chi connectivity index (χ2n) is 3.97. The van der Waals surface area contributed by atoms with Crippen LogP contribution in [0.5, 0.6) is 5.88 Å². The second-order valence-corrected chi connectivity index (χ2v) is 3.97. The first-order valence-corrected chi connectivity index (χ1v) is 5.59. The van der Waals surface area contributed by atoms with Gasteiger partial charge in [0.2, 0.25) is 5.88 Å². The van der Waals surface area contributed by atoms with Crippen molar-refractivity contribution in [3.8, 4) is 5.88 Å². The summed E-state index contributed by atoms with van der Waals surface area (Å²) in [4.78, 5) is 8.51. The molecule has 1 N–H and O–H groups in total. The third-order valence-corrected chi connectivity index (χ3v) is 2.64. The van der Waals surface area contributed by atoms with Crippen molar-refractivity contribution in [1.29, 1.82) is 0 Å². The molecule has 0 amide bonds. The minimum Gasteiger partial charge on any atom is -0.481 e. The van der Waals surface area contributed by atoms with E-state index in [-0.39, 0.29) is 0 Å². The Morgan fingerprint density at radius 3 is 2.94 bits per heavy atom. The third-order valence-electron chi connectivity index (χ3n) is 2.64. The van der Waals surface area contributed by atoms with Crippen LogP contribution < -0.4 is 10.1 Å². The number of nitrogens with zero attached hydrogens (tertiary/aromatic N) is 2. The van der Waals surface area contributed by atoms with E-state index in [1.54, 1.807) is 7.11 Å². The molecule has 0 fully saturated rings. The van der Waals surface area contributed by atoms with E-state index in [0.717, 1.165) is 30.9 Å². The molecule has 0 bridgehead atoms. The fraction of sp³-hybridized carbons (Fsp3) is 0.500. The molecule has 1 unspecified atom stereocenters. The van der Waals surface area contributed by atoms with E-state index in [2.05, 4.69) is 27.4 Å². The predicted octanol–water partition coefficient (Wildman–Crippen LogP) is 2.31. The molecule has 2 rings (SSSR count). The number of ether oxygens (including phenoxy) is 1.